The van der Waals surface area contributed by atoms with Gasteiger partial charge in [0.15, 0.2) is 5.72 Å². The quantitative estimate of drug-likeness (QED) is 0.315. The number of hydrogen-bond acceptors (Lipinski definition) is 10. The molecule has 10 heteroatoms. The maximum atomic E-state index is 11.2. The first-order chi connectivity index (χ1) is 15.9. The fourth-order valence-electron chi connectivity index (χ4n) is 4.46. The second-order valence-corrected chi connectivity index (χ2v) is 10.2. The molecule has 176 valence electrons. The molecule has 0 saturated heterocycles. The predicted octanol–water partition coefficient (Wildman–Crippen LogP) is 2.70. The fraction of sp³-hybridized carbons (Fsp3) is 0.565. The molecule has 5 N–H and O–H groups in total. The summed E-state index contributed by atoms with van der Waals surface area (Å²) in [6.07, 6.45) is 4.70. The zero-order chi connectivity index (χ0) is 23.2. The summed E-state index contributed by atoms with van der Waals surface area (Å²) in [7, 11) is 0. The lowest BCUT2D eigenvalue weighted by atomic mass is 10.0. The van der Waals surface area contributed by atoms with Gasteiger partial charge in [0.05, 0.1) is 21.7 Å². The van der Waals surface area contributed by atoms with Gasteiger partial charge in [0.25, 0.3) is 0 Å². The van der Waals surface area contributed by atoms with Crippen molar-refractivity contribution in [1.82, 2.24) is 19.9 Å². The van der Waals surface area contributed by atoms with Gasteiger partial charge in [-0.15, -0.1) is 11.3 Å². The number of nitrogens with one attached hydrogen (secondary N) is 2. The average molecular weight is 471 g/mol. The molecular weight excluding hydrogens is 440 g/mol. The van der Waals surface area contributed by atoms with Gasteiger partial charge in [-0.2, -0.15) is 4.98 Å². The maximum Gasteiger partial charge on any atom is 0.224 e. The first kappa shape index (κ1) is 22.4. The smallest absolute Gasteiger partial charge is 0.224 e. The molecule has 3 aromatic rings. The molecule has 3 heterocycles. The summed E-state index contributed by atoms with van der Waals surface area (Å²) >= 11 is 1.53. The summed E-state index contributed by atoms with van der Waals surface area (Å²) in [5.74, 6) is 1.17. The van der Waals surface area contributed by atoms with Gasteiger partial charge in [-0.05, 0) is 51.0 Å². The highest BCUT2D eigenvalue weighted by molar-refractivity contribution is 7.21. The standard InChI is InChI=1S/C23H30N6O3S/c1-3-15-18-16(7-9-24-15)33-21(27-18)17-12(2)26-22(25-10-13-4-5-13)28-20(17)29-23(32)8-6-14(11-30)19(23)31/h7,9,13-14,19,30-32H,3-6,8,10-11H2,1-2H3,(H2,25,26,28,29)/t14-,19-,23+/m1/s1. The lowest BCUT2D eigenvalue weighted by Crippen LogP contribution is -2.48. The Morgan fingerprint density at radius 3 is 2.73 bits per heavy atom. The number of pyridine rings is 1. The number of rotatable bonds is 8. The van der Waals surface area contributed by atoms with Crippen molar-refractivity contribution in [2.75, 3.05) is 23.8 Å². The highest BCUT2D eigenvalue weighted by Crippen LogP contribution is 2.41. The largest absolute Gasteiger partial charge is 0.396 e. The van der Waals surface area contributed by atoms with Gasteiger partial charge in [0.1, 0.15) is 22.4 Å². The van der Waals surface area contributed by atoms with Gasteiger partial charge in [-0.3, -0.25) is 4.98 Å². The Bertz CT molecular complexity index is 1170. The van der Waals surface area contributed by atoms with E-state index in [1.54, 1.807) is 6.20 Å². The van der Waals surface area contributed by atoms with Crippen molar-refractivity contribution in [2.45, 2.75) is 57.8 Å². The highest BCUT2D eigenvalue weighted by atomic mass is 32.1. The SMILES string of the molecule is CCc1nccc2sc(-c3c(C)nc(NCC4CC4)nc3N[C@]3(O)CC[C@H](CO)[C@H]3O)nc12. The topological polar surface area (TPSA) is 136 Å². The maximum absolute atomic E-state index is 11.2. The molecule has 3 atom stereocenters. The van der Waals surface area contributed by atoms with Crippen molar-refractivity contribution in [3.8, 4) is 10.6 Å². The molecule has 0 amide bonds. The van der Waals surface area contributed by atoms with E-state index < -0.39 is 11.8 Å². The minimum Gasteiger partial charge on any atom is -0.396 e. The van der Waals surface area contributed by atoms with Crippen LogP contribution in [0.3, 0.4) is 0 Å². The Morgan fingerprint density at radius 1 is 1.21 bits per heavy atom. The number of aliphatic hydroxyl groups excluding tert-OH is 2. The molecule has 9 nitrogen and oxygen atoms in total. The first-order valence-corrected chi connectivity index (χ1v) is 12.4. The van der Waals surface area contributed by atoms with Crippen LogP contribution in [0.5, 0.6) is 0 Å². The van der Waals surface area contributed by atoms with Gasteiger partial charge in [-0.25, -0.2) is 9.97 Å². The second kappa shape index (κ2) is 8.75. The minimum absolute atomic E-state index is 0.181. The molecule has 0 aromatic carbocycles. The first-order valence-electron chi connectivity index (χ1n) is 11.6. The molecule has 2 saturated carbocycles. The Morgan fingerprint density at radius 2 is 2.03 bits per heavy atom. The molecule has 33 heavy (non-hydrogen) atoms. The van der Waals surface area contributed by atoms with Crippen LogP contribution in [-0.4, -0.2) is 60.2 Å². The number of anilines is 2. The van der Waals surface area contributed by atoms with Crippen LogP contribution in [0.15, 0.2) is 12.3 Å². The molecule has 0 radical (unpaired) electrons. The molecule has 2 fully saturated rings. The lowest BCUT2D eigenvalue weighted by molar-refractivity contribution is -0.0545. The fourth-order valence-corrected chi connectivity index (χ4v) is 5.54. The molecule has 5 rings (SSSR count). The summed E-state index contributed by atoms with van der Waals surface area (Å²) < 4.78 is 1.03. The zero-order valence-electron chi connectivity index (χ0n) is 18.9. The molecular formula is C23H30N6O3S. The van der Waals surface area contributed by atoms with E-state index in [1.165, 1.54) is 24.2 Å². The van der Waals surface area contributed by atoms with Crippen molar-refractivity contribution in [2.24, 2.45) is 11.8 Å². The van der Waals surface area contributed by atoms with Crippen LogP contribution in [0.4, 0.5) is 11.8 Å². The van der Waals surface area contributed by atoms with Crippen LogP contribution in [0, 0.1) is 18.8 Å². The third-order valence-electron chi connectivity index (χ3n) is 6.67. The van der Waals surface area contributed by atoms with Gasteiger partial charge in [0, 0.05) is 25.3 Å². The summed E-state index contributed by atoms with van der Waals surface area (Å²) in [5.41, 5.74) is 1.63. The van der Waals surface area contributed by atoms with E-state index in [0.717, 1.165) is 39.6 Å². The number of aliphatic hydroxyl groups is 3. The number of nitrogens with zero attached hydrogens (tertiary/aromatic N) is 4. The van der Waals surface area contributed by atoms with E-state index in [4.69, 9.17) is 9.97 Å². The average Bonchev–Trinajstić information content (AvgIpc) is 3.46. The van der Waals surface area contributed by atoms with E-state index in [2.05, 4.69) is 27.5 Å². The number of fused-ring (bicyclic) bond motifs is 1. The van der Waals surface area contributed by atoms with Crippen molar-refractivity contribution >= 4 is 33.3 Å². The van der Waals surface area contributed by atoms with Crippen molar-refractivity contribution < 1.29 is 15.3 Å². The van der Waals surface area contributed by atoms with Crippen molar-refractivity contribution in [3.63, 3.8) is 0 Å². The van der Waals surface area contributed by atoms with E-state index in [9.17, 15) is 15.3 Å². The normalized spacial score (nSPS) is 25.0. The lowest BCUT2D eigenvalue weighted by Gasteiger charge is -2.31. The van der Waals surface area contributed by atoms with Gasteiger partial charge >= 0.3 is 0 Å². The number of aryl methyl sites for hydroxylation is 2. The Kier molecular flexibility index (Phi) is 5.94. The van der Waals surface area contributed by atoms with Crippen LogP contribution in [0.2, 0.25) is 0 Å². The van der Waals surface area contributed by atoms with E-state index in [-0.39, 0.29) is 12.5 Å². The third-order valence-corrected chi connectivity index (χ3v) is 7.71. The van der Waals surface area contributed by atoms with Crippen LogP contribution in [0.25, 0.3) is 20.8 Å². The molecule has 2 aliphatic rings. The van der Waals surface area contributed by atoms with Crippen LogP contribution < -0.4 is 10.6 Å². The number of hydrogen-bond donors (Lipinski definition) is 5. The van der Waals surface area contributed by atoms with Gasteiger partial charge in [0.2, 0.25) is 5.95 Å². The Labute approximate surface area is 196 Å². The number of thiazole rings is 1. The van der Waals surface area contributed by atoms with Crippen LogP contribution in [0.1, 0.15) is 44.0 Å². The third kappa shape index (κ3) is 4.28. The van der Waals surface area contributed by atoms with Crippen LogP contribution >= 0.6 is 11.3 Å². The Hall–Kier alpha value is -2.40. The van der Waals surface area contributed by atoms with Crippen molar-refractivity contribution in [1.29, 1.82) is 0 Å². The molecule has 2 aliphatic carbocycles. The van der Waals surface area contributed by atoms with Gasteiger partial charge < -0.3 is 26.0 Å². The van der Waals surface area contributed by atoms with E-state index in [0.29, 0.717) is 36.1 Å². The van der Waals surface area contributed by atoms with E-state index >= 15 is 0 Å². The molecule has 0 aliphatic heterocycles. The monoisotopic (exact) mass is 470 g/mol. The molecule has 3 aromatic heterocycles. The summed E-state index contributed by atoms with van der Waals surface area (Å²) in [4.78, 5) is 18.7. The molecule has 0 bridgehead atoms. The minimum atomic E-state index is -1.59. The van der Waals surface area contributed by atoms with E-state index in [1.807, 2.05) is 13.0 Å². The molecule has 0 unspecified atom stereocenters. The molecule has 0 spiro atoms. The summed E-state index contributed by atoms with van der Waals surface area (Å²) in [6, 6.07) is 1.95. The number of aromatic nitrogens is 4. The second-order valence-electron chi connectivity index (χ2n) is 9.13. The van der Waals surface area contributed by atoms with Crippen LogP contribution in [-0.2, 0) is 6.42 Å². The Balaban J connectivity index is 1.57. The van der Waals surface area contributed by atoms with Crippen molar-refractivity contribution in [3.05, 3.63) is 23.7 Å². The summed E-state index contributed by atoms with van der Waals surface area (Å²) in [6.45, 7) is 4.59. The summed E-state index contributed by atoms with van der Waals surface area (Å²) in [5, 5.41) is 38.6. The van der Waals surface area contributed by atoms with Gasteiger partial charge in [-0.1, -0.05) is 6.92 Å². The highest BCUT2D eigenvalue weighted by Gasteiger charge is 2.47. The zero-order valence-corrected chi connectivity index (χ0v) is 19.7. The predicted molar refractivity (Wildman–Crippen MR) is 128 cm³/mol.